The zero-order valence-electron chi connectivity index (χ0n) is 7.61. The maximum atomic E-state index is 7.39. The van der Waals surface area contributed by atoms with Crippen molar-refractivity contribution in [1.29, 1.82) is 0 Å². The molecule has 0 aromatic carbocycles. The number of aromatic nitrogens is 1. The van der Waals surface area contributed by atoms with E-state index in [0.29, 0.717) is 12.0 Å². The van der Waals surface area contributed by atoms with Crippen LogP contribution in [0.4, 0.5) is 5.69 Å². The number of hydrogen-bond donors (Lipinski definition) is 1. The molecule has 0 spiro atoms. The van der Waals surface area contributed by atoms with E-state index in [1.807, 2.05) is 6.92 Å². The van der Waals surface area contributed by atoms with Crippen molar-refractivity contribution in [2.24, 2.45) is 0 Å². The van der Waals surface area contributed by atoms with Crippen LogP contribution in [0.15, 0.2) is 12.2 Å². The van der Waals surface area contributed by atoms with Gasteiger partial charge < -0.3 is 5.73 Å². The van der Waals surface area contributed by atoms with Gasteiger partial charge in [0.1, 0.15) is 5.15 Å². The Morgan fingerprint density at radius 3 is 3.20 bits per heavy atom. The quantitative estimate of drug-likeness (QED) is 0.634. The van der Waals surface area contributed by atoms with Crippen molar-refractivity contribution >= 4 is 17.3 Å². The standard InChI is InChI=1S/C7H9ClN2/c1-2-5-4-10-7(8)3-6(5)9/h3-4H,2H2,1H3,(H2,9,10)/i3D,4D. The van der Waals surface area contributed by atoms with Gasteiger partial charge in [-0.2, -0.15) is 0 Å². The topological polar surface area (TPSA) is 38.9 Å². The molecular formula is C7H9ClN2. The fourth-order valence-corrected chi connectivity index (χ4v) is 0.805. The minimum absolute atomic E-state index is 0.00491. The Bertz CT molecular complexity index is 315. The van der Waals surface area contributed by atoms with Crippen molar-refractivity contribution in [2.45, 2.75) is 13.3 Å². The minimum atomic E-state index is -0.00491. The van der Waals surface area contributed by atoms with Crippen molar-refractivity contribution < 1.29 is 2.74 Å². The second-order valence-electron chi connectivity index (χ2n) is 1.89. The maximum absolute atomic E-state index is 7.39. The lowest BCUT2D eigenvalue weighted by atomic mass is 10.2. The van der Waals surface area contributed by atoms with Gasteiger partial charge in [-0.05, 0) is 18.0 Å². The third-order valence-electron chi connectivity index (χ3n) is 1.21. The van der Waals surface area contributed by atoms with Gasteiger partial charge in [0.15, 0.2) is 0 Å². The average Bonchev–Trinajstić information content (AvgIpc) is 2.01. The fraction of sp³-hybridized carbons (Fsp3) is 0.286. The van der Waals surface area contributed by atoms with Gasteiger partial charge in [-0.3, -0.25) is 0 Å². The molecule has 0 saturated heterocycles. The third kappa shape index (κ3) is 1.39. The Hall–Kier alpha value is -0.760. The van der Waals surface area contributed by atoms with E-state index >= 15 is 0 Å². The smallest absolute Gasteiger partial charge is 0.131 e. The number of anilines is 1. The number of halogens is 1. The molecule has 3 heteroatoms. The van der Waals surface area contributed by atoms with Gasteiger partial charge in [0.25, 0.3) is 0 Å². The SMILES string of the molecule is [2H]c1nc(Cl)c([2H])c(N)c1CC. The molecular weight excluding hydrogens is 148 g/mol. The molecule has 0 radical (unpaired) electrons. The monoisotopic (exact) mass is 158 g/mol. The van der Waals surface area contributed by atoms with Crippen molar-refractivity contribution in [3.63, 3.8) is 0 Å². The summed E-state index contributed by atoms with van der Waals surface area (Å²) in [5, 5.41) is -0.00491. The zero-order chi connectivity index (χ0) is 9.30. The van der Waals surface area contributed by atoms with E-state index in [1.165, 1.54) is 0 Å². The number of hydrogen-bond acceptors (Lipinski definition) is 2. The fourth-order valence-electron chi connectivity index (χ4n) is 0.661. The Kier molecular flexibility index (Phi) is 1.43. The molecule has 54 valence electrons. The summed E-state index contributed by atoms with van der Waals surface area (Å²) in [6.07, 6.45) is 0.664. The highest BCUT2D eigenvalue weighted by atomic mass is 35.5. The average molecular weight is 159 g/mol. The molecule has 2 nitrogen and oxygen atoms in total. The number of pyridine rings is 1. The highest BCUT2D eigenvalue weighted by Gasteiger charge is 1.96. The largest absolute Gasteiger partial charge is 0.398 e. The molecule has 0 fully saturated rings. The van der Waals surface area contributed by atoms with Crippen LogP contribution >= 0.6 is 11.6 Å². The van der Waals surface area contributed by atoms with Crippen LogP contribution in [0, 0.1) is 0 Å². The lowest BCUT2D eigenvalue weighted by molar-refractivity contribution is 1.11. The van der Waals surface area contributed by atoms with Gasteiger partial charge in [0.2, 0.25) is 0 Å². The molecule has 1 heterocycles. The second-order valence-corrected chi connectivity index (χ2v) is 2.24. The van der Waals surface area contributed by atoms with Gasteiger partial charge in [-0.1, -0.05) is 18.5 Å². The van der Waals surface area contributed by atoms with Gasteiger partial charge in [-0.15, -0.1) is 0 Å². The van der Waals surface area contributed by atoms with Crippen LogP contribution in [-0.4, -0.2) is 4.98 Å². The number of nitrogens with two attached hydrogens (primary N) is 1. The molecule has 2 N–H and O–H groups in total. The van der Waals surface area contributed by atoms with E-state index in [0.717, 1.165) is 0 Å². The van der Waals surface area contributed by atoms with E-state index < -0.39 is 0 Å². The number of nitrogen functional groups attached to an aromatic ring is 1. The summed E-state index contributed by atoms with van der Waals surface area (Å²) in [5.74, 6) is 0. The van der Waals surface area contributed by atoms with Gasteiger partial charge in [0.05, 0.1) is 2.74 Å². The van der Waals surface area contributed by atoms with E-state index in [9.17, 15) is 0 Å². The Morgan fingerprint density at radius 2 is 2.60 bits per heavy atom. The Labute approximate surface area is 67.8 Å². The molecule has 0 atom stereocenters. The first-order chi connectivity index (χ1) is 5.57. The van der Waals surface area contributed by atoms with E-state index in [1.54, 1.807) is 0 Å². The molecule has 0 aliphatic rings. The molecule has 1 aromatic rings. The summed E-state index contributed by atoms with van der Waals surface area (Å²) in [6, 6.07) is 0.0181. The predicted molar refractivity (Wildman–Crippen MR) is 43.0 cm³/mol. The van der Waals surface area contributed by atoms with Crippen LogP contribution in [0.1, 0.15) is 15.2 Å². The molecule has 0 unspecified atom stereocenters. The highest BCUT2D eigenvalue weighted by Crippen LogP contribution is 2.14. The maximum Gasteiger partial charge on any atom is 0.131 e. The third-order valence-corrected chi connectivity index (χ3v) is 1.38. The van der Waals surface area contributed by atoms with Gasteiger partial charge in [0, 0.05) is 11.9 Å². The van der Waals surface area contributed by atoms with Gasteiger partial charge in [-0.25, -0.2) is 4.98 Å². The van der Waals surface area contributed by atoms with Crippen LogP contribution in [-0.2, 0) is 6.42 Å². The summed E-state index contributed by atoms with van der Waals surface area (Å²) in [4.78, 5) is 3.67. The number of nitrogens with zero attached hydrogens (tertiary/aromatic N) is 1. The molecule has 0 aliphatic carbocycles. The van der Waals surface area contributed by atoms with Crippen molar-refractivity contribution in [2.75, 3.05) is 5.73 Å². The van der Waals surface area contributed by atoms with Gasteiger partial charge >= 0.3 is 0 Å². The normalized spacial score (nSPS) is 12.6. The molecule has 0 aliphatic heterocycles. The van der Waals surface area contributed by atoms with Crippen LogP contribution < -0.4 is 5.73 Å². The summed E-state index contributed by atoms with van der Waals surface area (Å²) in [6.45, 7) is 1.86. The van der Waals surface area contributed by atoms with Crippen molar-refractivity contribution in [3.8, 4) is 0 Å². The summed E-state index contributed by atoms with van der Waals surface area (Å²) in [5.41, 5.74) is 6.42. The van der Waals surface area contributed by atoms with Crippen molar-refractivity contribution in [3.05, 3.63) is 22.9 Å². The molecule has 10 heavy (non-hydrogen) atoms. The first-order valence-corrected chi connectivity index (χ1v) is 3.36. The molecule has 0 saturated carbocycles. The van der Waals surface area contributed by atoms with Crippen LogP contribution in [0.3, 0.4) is 0 Å². The number of rotatable bonds is 1. The first-order valence-electron chi connectivity index (χ1n) is 3.99. The summed E-state index contributed by atoms with van der Waals surface area (Å²) >= 11 is 5.55. The lowest BCUT2D eigenvalue weighted by Gasteiger charge is -2.00. The van der Waals surface area contributed by atoms with Crippen LogP contribution in [0.25, 0.3) is 0 Å². The summed E-state index contributed by atoms with van der Waals surface area (Å²) < 4.78 is 14.8. The zero-order valence-corrected chi connectivity index (χ0v) is 6.37. The van der Waals surface area contributed by atoms with Crippen LogP contribution in [0.2, 0.25) is 5.15 Å². The lowest BCUT2D eigenvalue weighted by Crippen LogP contribution is -1.93. The van der Waals surface area contributed by atoms with E-state index in [4.69, 9.17) is 20.1 Å². The minimum Gasteiger partial charge on any atom is -0.398 e. The van der Waals surface area contributed by atoms with E-state index in [2.05, 4.69) is 4.98 Å². The second kappa shape index (κ2) is 2.88. The summed E-state index contributed by atoms with van der Waals surface area (Å²) in [7, 11) is 0. The van der Waals surface area contributed by atoms with E-state index in [-0.39, 0.29) is 23.1 Å². The van der Waals surface area contributed by atoms with Crippen molar-refractivity contribution in [1.82, 2.24) is 4.98 Å². The molecule has 1 aromatic heterocycles. The predicted octanol–water partition coefficient (Wildman–Crippen LogP) is 1.88. The molecule has 1 rings (SSSR count). The molecule has 0 amide bonds. The highest BCUT2D eigenvalue weighted by molar-refractivity contribution is 6.29. The Morgan fingerprint density at radius 1 is 1.90 bits per heavy atom. The van der Waals surface area contributed by atoms with Crippen LogP contribution in [0.5, 0.6) is 0 Å². The first kappa shape index (κ1) is 4.97. The molecule has 0 bridgehead atoms. The Balaban J connectivity index is 3.40.